The van der Waals surface area contributed by atoms with E-state index < -0.39 is 40.7 Å². The van der Waals surface area contributed by atoms with Crippen LogP contribution in [0, 0.1) is 0 Å². The van der Waals surface area contributed by atoms with Crippen molar-refractivity contribution < 1.29 is 37.5 Å². The molecule has 1 aliphatic heterocycles. The summed E-state index contributed by atoms with van der Waals surface area (Å²) in [4.78, 5) is 48.4. The number of hydrogen-bond acceptors (Lipinski definition) is 5. The predicted octanol–water partition coefficient (Wildman–Crippen LogP) is 3.41. The topological polar surface area (TPSA) is 104 Å². The average Bonchev–Trinajstić information content (AvgIpc) is 2.99. The molecule has 2 N–H and O–H groups in total. The monoisotopic (exact) mass is 452 g/mol. The van der Waals surface area contributed by atoms with E-state index in [4.69, 9.17) is 5.11 Å². The van der Waals surface area contributed by atoms with Gasteiger partial charge in [0.2, 0.25) is 17.7 Å². The Hall–Kier alpha value is -3.34. The number of aromatic carboxylic acids is 1. The fourth-order valence-corrected chi connectivity index (χ4v) is 3.83. The minimum atomic E-state index is -4.61. The minimum Gasteiger partial charge on any atom is -0.478 e. The fraction of sp³-hybridized carbons (Fsp3) is 0.200. The Kier molecular flexibility index (Phi) is 6.34. The fourth-order valence-electron chi connectivity index (χ4n) is 2.90. The van der Waals surface area contributed by atoms with Gasteiger partial charge in [-0.05, 0) is 42.5 Å². The van der Waals surface area contributed by atoms with Crippen molar-refractivity contribution in [1.82, 2.24) is 0 Å². The first-order valence-electron chi connectivity index (χ1n) is 8.85. The molecule has 0 bridgehead atoms. The van der Waals surface area contributed by atoms with Crippen molar-refractivity contribution in [3.8, 4) is 0 Å². The SMILES string of the molecule is O=C(CSC1CC(=O)N(c2cccc(C(F)(F)F)c2)C1=O)Nc1ccc(C(=O)O)cc1. The molecule has 2 aromatic rings. The van der Waals surface area contributed by atoms with E-state index in [0.717, 1.165) is 30.0 Å². The van der Waals surface area contributed by atoms with Crippen LogP contribution in [0.25, 0.3) is 0 Å². The quantitative estimate of drug-likeness (QED) is 0.651. The summed E-state index contributed by atoms with van der Waals surface area (Å²) in [5, 5.41) is 10.5. The Morgan fingerprint density at radius 2 is 1.81 bits per heavy atom. The summed E-state index contributed by atoms with van der Waals surface area (Å²) in [6.45, 7) is 0. The highest BCUT2D eigenvalue weighted by atomic mass is 32.2. The lowest BCUT2D eigenvalue weighted by molar-refractivity contribution is -0.137. The number of alkyl halides is 3. The van der Waals surface area contributed by atoms with Gasteiger partial charge in [-0.2, -0.15) is 13.2 Å². The summed E-state index contributed by atoms with van der Waals surface area (Å²) in [5.41, 5.74) is -0.738. The van der Waals surface area contributed by atoms with Gasteiger partial charge in [0.05, 0.1) is 27.8 Å². The number of hydrogen-bond donors (Lipinski definition) is 2. The first kappa shape index (κ1) is 22.3. The molecule has 0 aliphatic carbocycles. The molecule has 0 radical (unpaired) electrons. The highest BCUT2D eigenvalue weighted by Crippen LogP contribution is 2.34. The summed E-state index contributed by atoms with van der Waals surface area (Å²) in [6.07, 6.45) is -4.85. The molecule has 7 nitrogen and oxygen atoms in total. The lowest BCUT2D eigenvalue weighted by atomic mass is 10.2. The molecule has 1 saturated heterocycles. The predicted molar refractivity (Wildman–Crippen MR) is 107 cm³/mol. The lowest BCUT2D eigenvalue weighted by Gasteiger charge is -2.16. The number of imide groups is 1. The molecule has 11 heteroatoms. The van der Waals surface area contributed by atoms with Crippen LogP contribution in [-0.4, -0.2) is 39.8 Å². The van der Waals surface area contributed by atoms with E-state index in [9.17, 15) is 32.3 Å². The number of anilines is 2. The number of carboxylic acids is 1. The summed E-state index contributed by atoms with van der Waals surface area (Å²) in [6, 6.07) is 9.38. The Bertz CT molecular complexity index is 1040. The van der Waals surface area contributed by atoms with Gasteiger partial charge in [0.15, 0.2) is 0 Å². The normalized spacial score (nSPS) is 16.5. The van der Waals surface area contributed by atoms with Gasteiger partial charge < -0.3 is 10.4 Å². The zero-order valence-electron chi connectivity index (χ0n) is 15.7. The van der Waals surface area contributed by atoms with E-state index in [-0.39, 0.29) is 23.4 Å². The van der Waals surface area contributed by atoms with Crippen molar-refractivity contribution in [2.24, 2.45) is 0 Å². The maximum Gasteiger partial charge on any atom is 0.416 e. The standard InChI is InChI=1S/C20H15F3N2O5S/c21-20(22,23)12-2-1-3-14(8-12)25-17(27)9-15(18(25)28)31-10-16(26)24-13-6-4-11(5-7-13)19(29)30/h1-8,15H,9-10H2,(H,24,26)(H,29,30). The first-order chi connectivity index (χ1) is 14.6. The highest BCUT2D eigenvalue weighted by molar-refractivity contribution is 8.01. The molecule has 3 amide bonds. The number of rotatable bonds is 6. The van der Waals surface area contributed by atoms with Gasteiger partial charge >= 0.3 is 12.1 Å². The summed E-state index contributed by atoms with van der Waals surface area (Å²) >= 11 is 0.899. The lowest BCUT2D eigenvalue weighted by Crippen LogP contribution is -2.31. The van der Waals surface area contributed by atoms with Crippen LogP contribution in [0.2, 0.25) is 0 Å². The van der Waals surface area contributed by atoms with Gasteiger partial charge in [-0.15, -0.1) is 11.8 Å². The molecule has 162 valence electrons. The molecular formula is C20H15F3N2O5S. The third kappa shape index (κ3) is 5.23. The molecule has 1 fully saturated rings. The van der Waals surface area contributed by atoms with Gasteiger partial charge in [0, 0.05) is 12.1 Å². The van der Waals surface area contributed by atoms with E-state index >= 15 is 0 Å². The van der Waals surface area contributed by atoms with Crippen molar-refractivity contribution in [3.63, 3.8) is 0 Å². The maximum absolute atomic E-state index is 12.9. The number of thioether (sulfide) groups is 1. The van der Waals surface area contributed by atoms with Crippen molar-refractivity contribution in [2.75, 3.05) is 16.0 Å². The van der Waals surface area contributed by atoms with E-state index in [1.807, 2.05) is 0 Å². The van der Waals surface area contributed by atoms with Crippen LogP contribution in [-0.2, 0) is 20.6 Å². The third-order valence-electron chi connectivity index (χ3n) is 4.37. The van der Waals surface area contributed by atoms with Crippen LogP contribution in [0.4, 0.5) is 24.5 Å². The number of carbonyl (C=O) groups excluding carboxylic acids is 3. The van der Waals surface area contributed by atoms with Crippen molar-refractivity contribution in [2.45, 2.75) is 17.8 Å². The van der Waals surface area contributed by atoms with Crippen LogP contribution in [0.15, 0.2) is 48.5 Å². The van der Waals surface area contributed by atoms with Crippen LogP contribution >= 0.6 is 11.8 Å². The van der Waals surface area contributed by atoms with Crippen molar-refractivity contribution in [3.05, 3.63) is 59.7 Å². The zero-order valence-corrected chi connectivity index (χ0v) is 16.5. The van der Waals surface area contributed by atoms with Gasteiger partial charge in [0.1, 0.15) is 0 Å². The number of carbonyl (C=O) groups is 4. The van der Waals surface area contributed by atoms with Crippen LogP contribution in [0.3, 0.4) is 0 Å². The Balaban J connectivity index is 1.61. The molecule has 1 atom stereocenters. The van der Waals surface area contributed by atoms with E-state index in [1.165, 1.54) is 30.3 Å². The number of nitrogens with zero attached hydrogens (tertiary/aromatic N) is 1. The number of nitrogens with one attached hydrogen (secondary N) is 1. The summed E-state index contributed by atoms with van der Waals surface area (Å²) < 4.78 is 38.7. The maximum atomic E-state index is 12.9. The second-order valence-corrected chi connectivity index (χ2v) is 7.74. The average molecular weight is 452 g/mol. The Labute approximate surface area is 178 Å². The molecule has 1 heterocycles. The van der Waals surface area contributed by atoms with Gasteiger partial charge in [-0.3, -0.25) is 14.4 Å². The van der Waals surface area contributed by atoms with Gasteiger partial charge in [-0.1, -0.05) is 6.07 Å². The molecule has 0 spiro atoms. The molecule has 1 aliphatic rings. The molecule has 31 heavy (non-hydrogen) atoms. The van der Waals surface area contributed by atoms with Crippen LogP contribution in [0.5, 0.6) is 0 Å². The molecule has 0 saturated carbocycles. The molecule has 1 unspecified atom stereocenters. The molecule has 3 rings (SSSR count). The smallest absolute Gasteiger partial charge is 0.416 e. The summed E-state index contributed by atoms with van der Waals surface area (Å²) in [7, 11) is 0. The largest absolute Gasteiger partial charge is 0.478 e. The highest BCUT2D eigenvalue weighted by Gasteiger charge is 2.41. The molecule has 0 aromatic heterocycles. The molecular weight excluding hydrogens is 437 g/mol. The third-order valence-corrected chi connectivity index (χ3v) is 5.57. The van der Waals surface area contributed by atoms with Gasteiger partial charge in [-0.25, -0.2) is 9.69 Å². The number of carboxylic acid groups (broad SMARTS) is 1. The minimum absolute atomic E-state index is 0.0529. The van der Waals surface area contributed by atoms with Crippen LogP contribution in [0.1, 0.15) is 22.3 Å². The second kappa shape index (κ2) is 8.80. The number of benzene rings is 2. The Morgan fingerprint density at radius 3 is 2.42 bits per heavy atom. The number of amides is 3. The van der Waals surface area contributed by atoms with Crippen molar-refractivity contribution in [1.29, 1.82) is 0 Å². The molecule has 2 aromatic carbocycles. The Morgan fingerprint density at radius 1 is 1.13 bits per heavy atom. The number of halogens is 3. The van der Waals surface area contributed by atoms with E-state index in [0.29, 0.717) is 10.6 Å². The van der Waals surface area contributed by atoms with Gasteiger partial charge in [0.25, 0.3) is 0 Å². The van der Waals surface area contributed by atoms with Crippen molar-refractivity contribution >= 4 is 46.8 Å². The second-order valence-electron chi connectivity index (χ2n) is 6.55. The van der Waals surface area contributed by atoms with E-state index in [2.05, 4.69) is 5.32 Å². The summed E-state index contributed by atoms with van der Waals surface area (Å²) in [5.74, 6) is -3.10. The zero-order chi connectivity index (χ0) is 22.8. The first-order valence-corrected chi connectivity index (χ1v) is 9.90. The van der Waals surface area contributed by atoms with E-state index in [1.54, 1.807) is 0 Å². The van der Waals surface area contributed by atoms with Crippen LogP contribution < -0.4 is 10.2 Å².